The van der Waals surface area contributed by atoms with Crippen LogP contribution >= 0.6 is 11.8 Å². The molecule has 0 aliphatic rings. The molecule has 0 fully saturated rings. The molecule has 0 aliphatic heterocycles. The SMILES string of the molecule is CCN(CC)C(=O)CN(C)C(=O)c1ccc(SC)cc1. The summed E-state index contributed by atoms with van der Waals surface area (Å²) in [6, 6.07) is 7.43. The van der Waals surface area contributed by atoms with Gasteiger partial charge in [0.25, 0.3) is 5.91 Å². The molecule has 4 nitrogen and oxygen atoms in total. The summed E-state index contributed by atoms with van der Waals surface area (Å²) in [4.78, 5) is 28.5. The Labute approximate surface area is 125 Å². The molecule has 0 radical (unpaired) electrons. The van der Waals surface area contributed by atoms with Gasteiger partial charge in [-0.05, 0) is 44.4 Å². The molecular formula is C15H22N2O2S. The van der Waals surface area contributed by atoms with Crippen molar-refractivity contribution in [1.29, 1.82) is 0 Å². The van der Waals surface area contributed by atoms with Crippen LogP contribution in [0.3, 0.4) is 0 Å². The Morgan fingerprint density at radius 3 is 2.10 bits per heavy atom. The van der Waals surface area contributed by atoms with Gasteiger partial charge in [-0.3, -0.25) is 9.59 Å². The van der Waals surface area contributed by atoms with Crippen LogP contribution in [0.25, 0.3) is 0 Å². The van der Waals surface area contributed by atoms with Crippen molar-refractivity contribution in [3.05, 3.63) is 29.8 Å². The Kier molecular flexibility index (Phi) is 6.58. The monoisotopic (exact) mass is 294 g/mol. The van der Waals surface area contributed by atoms with Crippen molar-refractivity contribution in [1.82, 2.24) is 9.80 Å². The number of rotatable bonds is 6. The number of amides is 2. The Morgan fingerprint density at radius 1 is 1.10 bits per heavy atom. The quantitative estimate of drug-likeness (QED) is 0.756. The smallest absolute Gasteiger partial charge is 0.254 e. The van der Waals surface area contributed by atoms with Gasteiger partial charge < -0.3 is 9.80 Å². The summed E-state index contributed by atoms with van der Waals surface area (Å²) in [6.45, 7) is 5.32. The summed E-state index contributed by atoms with van der Waals surface area (Å²) < 4.78 is 0. The highest BCUT2D eigenvalue weighted by molar-refractivity contribution is 7.98. The second-order valence-corrected chi connectivity index (χ2v) is 5.34. The maximum absolute atomic E-state index is 12.2. The molecule has 1 rings (SSSR count). The van der Waals surface area contributed by atoms with Crippen LogP contribution in [0.2, 0.25) is 0 Å². The predicted octanol–water partition coefficient (Wildman–Crippen LogP) is 2.35. The van der Waals surface area contributed by atoms with Crippen LogP contribution in [-0.4, -0.2) is 54.6 Å². The molecule has 0 atom stereocenters. The van der Waals surface area contributed by atoms with Crippen molar-refractivity contribution in [3.63, 3.8) is 0 Å². The number of benzene rings is 1. The van der Waals surface area contributed by atoms with Crippen LogP contribution in [0.15, 0.2) is 29.2 Å². The van der Waals surface area contributed by atoms with Crippen molar-refractivity contribution in [3.8, 4) is 0 Å². The first-order chi connectivity index (χ1) is 9.53. The third kappa shape index (κ3) is 4.27. The van der Waals surface area contributed by atoms with Crippen LogP contribution in [0.4, 0.5) is 0 Å². The third-order valence-corrected chi connectivity index (χ3v) is 3.92. The van der Waals surface area contributed by atoms with Gasteiger partial charge in [0, 0.05) is 30.6 Å². The zero-order chi connectivity index (χ0) is 15.1. The van der Waals surface area contributed by atoms with Crippen molar-refractivity contribution >= 4 is 23.6 Å². The molecule has 110 valence electrons. The minimum Gasteiger partial charge on any atom is -0.342 e. The minimum atomic E-state index is -0.127. The molecule has 0 spiro atoms. The van der Waals surface area contributed by atoms with Gasteiger partial charge in [-0.25, -0.2) is 0 Å². The molecule has 0 saturated carbocycles. The number of carbonyl (C=O) groups excluding carboxylic acids is 2. The average molecular weight is 294 g/mol. The second-order valence-electron chi connectivity index (χ2n) is 4.46. The lowest BCUT2D eigenvalue weighted by Gasteiger charge is -2.23. The Balaban J connectivity index is 2.68. The van der Waals surface area contributed by atoms with Crippen LogP contribution in [0.5, 0.6) is 0 Å². The van der Waals surface area contributed by atoms with Crippen LogP contribution in [0, 0.1) is 0 Å². The summed E-state index contributed by atoms with van der Waals surface area (Å²) in [5.41, 5.74) is 0.609. The number of hydrogen-bond acceptors (Lipinski definition) is 3. The summed E-state index contributed by atoms with van der Waals surface area (Å²) >= 11 is 1.63. The van der Waals surface area contributed by atoms with Gasteiger partial charge in [0.05, 0.1) is 6.54 Å². The third-order valence-electron chi connectivity index (χ3n) is 3.17. The van der Waals surface area contributed by atoms with Gasteiger partial charge >= 0.3 is 0 Å². The molecule has 0 aromatic heterocycles. The maximum Gasteiger partial charge on any atom is 0.254 e. The molecule has 20 heavy (non-hydrogen) atoms. The first kappa shape index (κ1) is 16.6. The first-order valence-corrected chi connectivity index (χ1v) is 7.93. The van der Waals surface area contributed by atoms with Gasteiger partial charge in [-0.2, -0.15) is 0 Å². The highest BCUT2D eigenvalue weighted by Crippen LogP contribution is 2.15. The summed E-state index contributed by atoms with van der Waals surface area (Å²) in [7, 11) is 1.66. The fourth-order valence-corrected chi connectivity index (χ4v) is 2.31. The van der Waals surface area contributed by atoms with Gasteiger partial charge in [0.15, 0.2) is 0 Å². The van der Waals surface area contributed by atoms with Crippen molar-refractivity contribution in [2.24, 2.45) is 0 Å². The van der Waals surface area contributed by atoms with E-state index in [1.54, 1.807) is 35.8 Å². The van der Waals surface area contributed by atoms with E-state index in [1.165, 1.54) is 4.90 Å². The molecule has 1 aromatic carbocycles. The lowest BCUT2D eigenvalue weighted by molar-refractivity contribution is -0.131. The summed E-state index contributed by atoms with van der Waals surface area (Å²) in [6.07, 6.45) is 1.99. The largest absolute Gasteiger partial charge is 0.342 e. The Morgan fingerprint density at radius 2 is 1.65 bits per heavy atom. The topological polar surface area (TPSA) is 40.6 Å². The number of thioether (sulfide) groups is 1. The molecule has 0 heterocycles. The number of likely N-dealkylation sites (N-methyl/N-ethyl adjacent to an activating group) is 2. The Hall–Kier alpha value is -1.49. The zero-order valence-electron chi connectivity index (χ0n) is 12.5. The minimum absolute atomic E-state index is 0.0217. The number of hydrogen-bond donors (Lipinski definition) is 0. The lowest BCUT2D eigenvalue weighted by atomic mass is 10.2. The zero-order valence-corrected chi connectivity index (χ0v) is 13.4. The van der Waals surface area contributed by atoms with E-state index in [4.69, 9.17) is 0 Å². The van der Waals surface area contributed by atoms with E-state index in [0.29, 0.717) is 18.7 Å². The molecule has 1 aromatic rings. The van der Waals surface area contributed by atoms with E-state index in [0.717, 1.165) is 4.90 Å². The molecule has 0 saturated heterocycles. The van der Waals surface area contributed by atoms with Crippen molar-refractivity contribution < 1.29 is 9.59 Å². The maximum atomic E-state index is 12.2. The molecule has 0 aliphatic carbocycles. The Bertz CT molecular complexity index is 455. The molecule has 0 N–H and O–H groups in total. The van der Waals surface area contributed by atoms with Crippen LogP contribution < -0.4 is 0 Å². The van der Waals surface area contributed by atoms with E-state index >= 15 is 0 Å². The average Bonchev–Trinajstić information content (AvgIpc) is 2.47. The van der Waals surface area contributed by atoms with Crippen molar-refractivity contribution in [2.75, 3.05) is 32.9 Å². The highest BCUT2D eigenvalue weighted by Gasteiger charge is 2.17. The normalized spacial score (nSPS) is 10.2. The fraction of sp³-hybridized carbons (Fsp3) is 0.467. The van der Waals surface area contributed by atoms with E-state index in [1.807, 2.05) is 32.2 Å². The molecular weight excluding hydrogens is 272 g/mol. The molecule has 0 unspecified atom stereocenters. The van der Waals surface area contributed by atoms with E-state index in [-0.39, 0.29) is 18.4 Å². The van der Waals surface area contributed by atoms with Gasteiger partial charge in [0.1, 0.15) is 0 Å². The van der Waals surface area contributed by atoms with Crippen molar-refractivity contribution in [2.45, 2.75) is 18.7 Å². The standard InChI is InChI=1S/C15H22N2O2S/c1-5-17(6-2)14(18)11-16(3)15(19)12-7-9-13(20-4)10-8-12/h7-10H,5-6,11H2,1-4H3. The van der Waals surface area contributed by atoms with E-state index in [2.05, 4.69) is 0 Å². The predicted molar refractivity (Wildman–Crippen MR) is 83.1 cm³/mol. The highest BCUT2D eigenvalue weighted by atomic mass is 32.2. The number of carbonyl (C=O) groups is 2. The van der Waals surface area contributed by atoms with Gasteiger partial charge in [0.2, 0.25) is 5.91 Å². The van der Waals surface area contributed by atoms with E-state index in [9.17, 15) is 9.59 Å². The van der Waals surface area contributed by atoms with Crippen LogP contribution in [0.1, 0.15) is 24.2 Å². The van der Waals surface area contributed by atoms with Gasteiger partial charge in [-0.15, -0.1) is 11.8 Å². The van der Waals surface area contributed by atoms with Crippen LogP contribution in [-0.2, 0) is 4.79 Å². The first-order valence-electron chi connectivity index (χ1n) is 6.70. The fourth-order valence-electron chi connectivity index (χ4n) is 1.90. The van der Waals surface area contributed by atoms with E-state index < -0.39 is 0 Å². The number of nitrogens with zero attached hydrogens (tertiary/aromatic N) is 2. The molecule has 0 bridgehead atoms. The molecule has 5 heteroatoms. The molecule has 2 amide bonds. The second kappa shape index (κ2) is 7.94. The summed E-state index contributed by atoms with van der Waals surface area (Å²) in [5.74, 6) is -0.148. The van der Waals surface area contributed by atoms with Gasteiger partial charge in [-0.1, -0.05) is 0 Å². The summed E-state index contributed by atoms with van der Waals surface area (Å²) in [5, 5.41) is 0. The lowest BCUT2D eigenvalue weighted by Crippen LogP contribution is -2.41.